The molecule has 1 N–H and O–H groups in total. The van der Waals surface area contributed by atoms with Crippen LogP contribution in [0.1, 0.15) is 61.9 Å². The second-order valence-electron chi connectivity index (χ2n) is 7.37. The van der Waals surface area contributed by atoms with E-state index in [0.717, 1.165) is 48.1 Å². The Kier molecular flexibility index (Phi) is 4.12. The second-order valence-corrected chi connectivity index (χ2v) is 8.43. The van der Waals surface area contributed by atoms with Gasteiger partial charge in [0.25, 0.3) is 0 Å². The third-order valence-corrected chi connectivity index (χ3v) is 5.83. The highest BCUT2D eigenvalue weighted by molar-refractivity contribution is 7.11. The van der Waals surface area contributed by atoms with E-state index in [1.165, 1.54) is 0 Å². The first kappa shape index (κ1) is 15.4. The molecular weight excluding hydrogens is 284 g/mol. The van der Waals surface area contributed by atoms with Crippen LogP contribution in [0, 0.1) is 5.41 Å². The van der Waals surface area contributed by atoms with Crippen molar-refractivity contribution in [1.29, 1.82) is 0 Å². The van der Waals surface area contributed by atoms with E-state index in [1.807, 2.05) is 0 Å². The third kappa shape index (κ3) is 3.16. The fourth-order valence-electron chi connectivity index (χ4n) is 3.34. The summed E-state index contributed by atoms with van der Waals surface area (Å²) in [5.41, 5.74) is 1.22. The lowest BCUT2D eigenvalue weighted by molar-refractivity contribution is -0.0403. The topological polar surface area (TPSA) is 45.6 Å². The van der Waals surface area contributed by atoms with Crippen LogP contribution in [0.25, 0.3) is 0 Å². The SMILES string of the molecule is CC(C)N1CCOC(c2nc3c(s2)C(O)CC(C)(C)C3)C1. The van der Waals surface area contributed by atoms with Crippen LogP contribution in [0.15, 0.2) is 0 Å². The van der Waals surface area contributed by atoms with E-state index in [2.05, 4.69) is 32.6 Å². The largest absolute Gasteiger partial charge is 0.387 e. The number of ether oxygens (including phenoxy) is 1. The average molecular weight is 310 g/mol. The lowest BCUT2D eigenvalue weighted by atomic mass is 9.77. The molecule has 2 aliphatic rings. The standard InChI is InChI=1S/C16H26N2O2S/c1-10(2)18-5-6-20-13(9-18)15-17-11-7-16(3,4)8-12(19)14(11)21-15/h10,12-13,19H,5-9H2,1-4H3. The molecule has 1 aromatic heterocycles. The van der Waals surface area contributed by atoms with Gasteiger partial charge in [0.15, 0.2) is 0 Å². The summed E-state index contributed by atoms with van der Waals surface area (Å²) < 4.78 is 5.93. The van der Waals surface area contributed by atoms with E-state index in [4.69, 9.17) is 9.72 Å². The smallest absolute Gasteiger partial charge is 0.123 e. The molecule has 1 saturated heterocycles. The van der Waals surface area contributed by atoms with Gasteiger partial charge in [-0.2, -0.15) is 0 Å². The molecule has 4 nitrogen and oxygen atoms in total. The highest BCUT2D eigenvalue weighted by Gasteiger charge is 2.36. The maximum Gasteiger partial charge on any atom is 0.123 e. The molecule has 0 amide bonds. The van der Waals surface area contributed by atoms with Crippen LogP contribution >= 0.6 is 11.3 Å². The molecular formula is C16H26N2O2S. The normalized spacial score (nSPS) is 29.6. The van der Waals surface area contributed by atoms with E-state index in [9.17, 15) is 5.11 Å². The van der Waals surface area contributed by atoms with Gasteiger partial charge in [-0.05, 0) is 32.1 Å². The molecule has 5 heteroatoms. The minimum atomic E-state index is -0.361. The van der Waals surface area contributed by atoms with Crippen LogP contribution in [0.3, 0.4) is 0 Å². The first-order valence-corrected chi connectivity index (χ1v) is 8.70. The van der Waals surface area contributed by atoms with Gasteiger partial charge in [-0.3, -0.25) is 4.90 Å². The van der Waals surface area contributed by atoms with Gasteiger partial charge in [0, 0.05) is 19.1 Å². The summed E-state index contributed by atoms with van der Waals surface area (Å²) in [5.74, 6) is 0. The summed E-state index contributed by atoms with van der Waals surface area (Å²) in [7, 11) is 0. The Labute approximate surface area is 131 Å². The molecule has 0 spiro atoms. The molecule has 0 saturated carbocycles. The molecule has 21 heavy (non-hydrogen) atoms. The zero-order valence-electron chi connectivity index (χ0n) is 13.4. The molecule has 2 atom stereocenters. The number of fused-ring (bicyclic) bond motifs is 1. The van der Waals surface area contributed by atoms with E-state index in [-0.39, 0.29) is 17.6 Å². The number of thiazole rings is 1. The summed E-state index contributed by atoms with van der Waals surface area (Å²) in [4.78, 5) is 8.32. The third-order valence-electron chi connectivity index (χ3n) is 4.54. The van der Waals surface area contributed by atoms with Crippen LogP contribution in [0.2, 0.25) is 0 Å². The Hall–Kier alpha value is -0.490. The lowest BCUT2D eigenvalue weighted by Crippen LogP contribution is -2.42. The minimum absolute atomic E-state index is 0.0621. The van der Waals surface area contributed by atoms with Crippen molar-refractivity contribution in [2.45, 2.75) is 58.8 Å². The van der Waals surface area contributed by atoms with Crippen LogP contribution < -0.4 is 0 Å². The number of aromatic nitrogens is 1. The summed E-state index contributed by atoms with van der Waals surface area (Å²) in [6, 6.07) is 0.538. The first-order chi connectivity index (χ1) is 9.85. The number of aliphatic hydroxyl groups is 1. The van der Waals surface area contributed by atoms with Crippen LogP contribution in [-0.2, 0) is 11.2 Å². The van der Waals surface area contributed by atoms with Crippen molar-refractivity contribution in [3.05, 3.63) is 15.6 Å². The van der Waals surface area contributed by atoms with Crippen LogP contribution in [0.5, 0.6) is 0 Å². The van der Waals surface area contributed by atoms with Crippen LogP contribution in [0.4, 0.5) is 0 Å². The van der Waals surface area contributed by atoms with Gasteiger partial charge in [0.2, 0.25) is 0 Å². The van der Waals surface area contributed by atoms with Crippen molar-refractivity contribution in [2.75, 3.05) is 19.7 Å². The van der Waals surface area contributed by atoms with Crippen molar-refractivity contribution in [3.63, 3.8) is 0 Å². The average Bonchev–Trinajstić information content (AvgIpc) is 2.81. The highest BCUT2D eigenvalue weighted by Crippen LogP contribution is 2.44. The van der Waals surface area contributed by atoms with Crippen molar-refractivity contribution < 1.29 is 9.84 Å². The van der Waals surface area contributed by atoms with Gasteiger partial charge in [-0.1, -0.05) is 13.8 Å². The van der Waals surface area contributed by atoms with Gasteiger partial charge in [-0.25, -0.2) is 4.98 Å². The van der Waals surface area contributed by atoms with Crippen LogP contribution in [-0.4, -0.2) is 40.7 Å². The molecule has 0 bridgehead atoms. The number of nitrogens with zero attached hydrogens (tertiary/aromatic N) is 2. The predicted molar refractivity (Wildman–Crippen MR) is 84.6 cm³/mol. The van der Waals surface area contributed by atoms with Crippen molar-refractivity contribution in [2.24, 2.45) is 5.41 Å². The molecule has 0 aromatic carbocycles. The fourth-order valence-corrected chi connectivity index (χ4v) is 4.45. The molecule has 1 fully saturated rings. The Morgan fingerprint density at radius 3 is 2.90 bits per heavy atom. The summed E-state index contributed by atoms with van der Waals surface area (Å²) in [5, 5.41) is 11.4. The number of rotatable bonds is 2. The summed E-state index contributed by atoms with van der Waals surface area (Å²) in [6.07, 6.45) is 1.48. The Morgan fingerprint density at radius 1 is 1.43 bits per heavy atom. The monoisotopic (exact) mass is 310 g/mol. The predicted octanol–water partition coefficient (Wildman–Crippen LogP) is 2.93. The summed E-state index contributed by atoms with van der Waals surface area (Å²) >= 11 is 1.65. The molecule has 2 unspecified atom stereocenters. The fraction of sp³-hybridized carbons (Fsp3) is 0.812. The van der Waals surface area contributed by atoms with Crippen molar-refractivity contribution in [1.82, 2.24) is 9.88 Å². The number of aliphatic hydroxyl groups excluding tert-OH is 1. The zero-order chi connectivity index (χ0) is 15.2. The number of hydrogen-bond acceptors (Lipinski definition) is 5. The Balaban J connectivity index is 1.81. The van der Waals surface area contributed by atoms with Gasteiger partial charge >= 0.3 is 0 Å². The Morgan fingerprint density at radius 2 is 2.19 bits per heavy atom. The van der Waals surface area contributed by atoms with Crippen molar-refractivity contribution in [3.8, 4) is 0 Å². The molecule has 1 aliphatic heterocycles. The van der Waals surface area contributed by atoms with Crippen molar-refractivity contribution >= 4 is 11.3 Å². The highest BCUT2D eigenvalue weighted by atomic mass is 32.1. The molecule has 3 rings (SSSR count). The Bertz CT molecular complexity index is 512. The molecule has 2 heterocycles. The zero-order valence-corrected chi connectivity index (χ0v) is 14.2. The first-order valence-electron chi connectivity index (χ1n) is 7.89. The van der Waals surface area contributed by atoms with E-state index in [1.54, 1.807) is 11.3 Å². The maximum absolute atomic E-state index is 10.4. The summed E-state index contributed by atoms with van der Waals surface area (Å²) in [6.45, 7) is 11.5. The molecule has 1 aromatic rings. The lowest BCUT2D eigenvalue weighted by Gasteiger charge is -2.34. The van der Waals surface area contributed by atoms with Gasteiger partial charge in [-0.15, -0.1) is 11.3 Å². The van der Waals surface area contributed by atoms with Gasteiger partial charge in [0.1, 0.15) is 11.1 Å². The van der Waals surface area contributed by atoms with E-state index < -0.39 is 0 Å². The minimum Gasteiger partial charge on any atom is -0.387 e. The second kappa shape index (κ2) is 5.61. The number of morpholine rings is 1. The van der Waals surface area contributed by atoms with E-state index in [0.29, 0.717) is 6.04 Å². The molecule has 118 valence electrons. The molecule has 1 aliphatic carbocycles. The maximum atomic E-state index is 10.4. The van der Waals surface area contributed by atoms with E-state index >= 15 is 0 Å². The quantitative estimate of drug-likeness (QED) is 0.912. The van der Waals surface area contributed by atoms with Gasteiger partial charge < -0.3 is 9.84 Å². The van der Waals surface area contributed by atoms with Gasteiger partial charge in [0.05, 0.1) is 23.3 Å². The molecule has 0 radical (unpaired) electrons. The number of hydrogen-bond donors (Lipinski definition) is 1.